The van der Waals surface area contributed by atoms with Gasteiger partial charge in [-0.3, -0.25) is 14.3 Å². The highest BCUT2D eigenvalue weighted by atomic mass is 16.6. The predicted octanol–water partition coefficient (Wildman–Crippen LogP) is -0.679. The molecule has 0 spiro atoms. The van der Waals surface area contributed by atoms with Crippen LogP contribution in [0, 0.1) is 6.92 Å². The molecule has 2 aromatic rings. The first-order chi connectivity index (χ1) is 12.4. The molecule has 1 aliphatic heterocycles. The van der Waals surface area contributed by atoms with Crippen LogP contribution >= 0.6 is 0 Å². The summed E-state index contributed by atoms with van der Waals surface area (Å²) in [6.45, 7) is 1.19. The molecular weight excluding hydrogens is 344 g/mol. The standard InChI is InChI=1S/C17H18N2O7/c1-9-7-19(17(24)18-14(9)22)15-13(21)12(20)11(26-15)8-25-16(23)10-5-3-2-4-6-10/h2-7,11-13,15,20-21H,8H2,1H3,(H,18,22,24)/t11-,12+,13+,15+/m0/s1. The molecule has 0 bridgehead atoms. The van der Waals surface area contributed by atoms with Gasteiger partial charge in [-0.25, -0.2) is 9.59 Å². The van der Waals surface area contributed by atoms with E-state index in [1.807, 2.05) is 0 Å². The molecule has 26 heavy (non-hydrogen) atoms. The van der Waals surface area contributed by atoms with Gasteiger partial charge in [0.05, 0.1) is 5.56 Å². The summed E-state index contributed by atoms with van der Waals surface area (Å²) in [6, 6.07) is 8.28. The van der Waals surface area contributed by atoms with Gasteiger partial charge in [0.25, 0.3) is 5.56 Å². The van der Waals surface area contributed by atoms with Crippen LogP contribution in [0.2, 0.25) is 0 Å². The lowest BCUT2D eigenvalue weighted by atomic mass is 10.1. The molecule has 1 aromatic carbocycles. The maximum absolute atomic E-state index is 12.0. The highest BCUT2D eigenvalue weighted by Gasteiger charge is 2.44. The molecule has 2 heterocycles. The number of carbonyl (C=O) groups excluding carboxylic acids is 1. The van der Waals surface area contributed by atoms with Crippen molar-refractivity contribution in [1.82, 2.24) is 9.55 Å². The van der Waals surface area contributed by atoms with Gasteiger partial charge in [0.2, 0.25) is 0 Å². The van der Waals surface area contributed by atoms with E-state index in [0.29, 0.717) is 5.56 Å². The number of nitrogens with zero attached hydrogens (tertiary/aromatic N) is 1. The van der Waals surface area contributed by atoms with Gasteiger partial charge in [-0.1, -0.05) is 18.2 Å². The molecule has 1 fully saturated rings. The van der Waals surface area contributed by atoms with Crippen LogP contribution < -0.4 is 11.2 Å². The Morgan fingerprint density at radius 3 is 2.62 bits per heavy atom. The minimum atomic E-state index is -1.43. The van der Waals surface area contributed by atoms with Crippen LogP contribution in [0.3, 0.4) is 0 Å². The Bertz CT molecular complexity index is 905. The summed E-state index contributed by atoms with van der Waals surface area (Å²) >= 11 is 0. The van der Waals surface area contributed by atoms with Crippen LogP contribution in [0.5, 0.6) is 0 Å². The molecule has 3 N–H and O–H groups in total. The first-order valence-corrected chi connectivity index (χ1v) is 7.94. The van der Waals surface area contributed by atoms with Crippen LogP contribution in [-0.2, 0) is 9.47 Å². The van der Waals surface area contributed by atoms with E-state index >= 15 is 0 Å². The normalized spacial score (nSPS) is 25.2. The largest absolute Gasteiger partial charge is 0.459 e. The number of benzene rings is 1. The van der Waals surface area contributed by atoms with Crippen LogP contribution in [0.15, 0.2) is 46.1 Å². The number of aromatic amines is 1. The second kappa shape index (κ2) is 7.24. The van der Waals surface area contributed by atoms with Crippen molar-refractivity contribution in [2.24, 2.45) is 0 Å². The number of aryl methyl sites for hydroxylation is 1. The molecule has 0 unspecified atom stereocenters. The summed E-state index contributed by atoms with van der Waals surface area (Å²) in [5, 5.41) is 20.3. The molecule has 1 aliphatic rings. The fourth-order valence-corrected chi connectivity index (χ4v) is 2.69. The lowest BCUT2D eigenvalue weighted by molar-refractivity contribution is -0.0599. The lowest BCUT2D eigenvalue weighted by Gasteiger charge is -2.17. The maximum atomic E-state index is 12.0. The Morgan fingerprint density at radius 2 is 1.92 bits per heavy atom. The van der Waals surface area contributed by atoms with Gasteiger partial charge in [-0.05, 0) is 19.1 Å². The van der Waals surface area contributed by atoms with E-state index in [1.165, 1.54) is 13.1 Å². The second-order valence-corrected chi connectivity index (χ2v) is 5.99. The van der Waals surface area contributed by atoms with Crippen molar-refractivity contribution < 1.29 is 24.5 Å². The average Bonchev–Trinajstić information content (AvgIpc) is 2.91. The number of esters is 1. The summed E-state index contributed by atoms with van der Waals surface area (Å²) in [6.07, 6.45) is -3.81. The number of ether oxygens (including phenoxy) is 2. The lowest BCUT2D eigenvalue weighted by Crippen LogP contribution is -2.38. The van der Waals surface area contributed by atoms with E-state index in [0.717, 1.165) is 4.57 Å². The molecule has 1 saturated heterocycles. The zero-order chi connectivity index (χ0) is 18.8. The molecule has 0 amide bonds. The van der Waals surface area contributed by atoms with Gasteiger partial charge < -0.3 is 19.7 Å². The average molecular weight is 362 g/mol. The third kappa shape index (κ3) is 3.45. The zero-order valence-electron chi connectivity index (χ0n) is 13.9. The highest BCUT2D eigenvalue weighted by molar-refractivity contribution is 5.89. The Kier molecular flexibility index (Phi) is 5.03. The van der Waals surface area contributed by atoms with Crippen molar-refractivity contribution in [3.63, 3.8) is 0 Å². The monoisotopic (exact) mass is 362 g/mol. The molecular formula is C17H18N2O7. The number of hydrogen-bond acceptors (Lipinski definition) is 7. The molecule has 1 aromatic heterocycles. The smallest absolute Gasteiger partial charge is 0.338 e. The van der Waals surface area contributed by atoms with Gasteiger partial charge in [0.1, 0.15) is 24.9 Å². The van der Waals surface area contributed by atoms with E-state index in [2.05, 4.69) is 4.98 Å². The van der Waals surface area contributed by atoms with Crippen molar-refractivity contribution in [2.75, 3.05) is 6.61 Å². The summed E-state index contributed by atoms with van der Waals surface area (Å²) in [4.78, 5) is 37.4. The van der Waals surface area contributed by atoms with Gasteiger partial charge in [-0.15, -0.1) is 0 Å². The van der Waals surface area contributed by atoms with Crippen molar-refractivity contribution in [2.45, 2.75) is 31.5 Å². The summed E-state index contributed by atoms with van der Waals surface area (Å²) < 4.78 is 11.6. The molecule has 138 valence electrons. The number of aliphatic hydroxyl groups excluding tert-OH is 2. The number of rotatable bonds is 4. The predicted molar refractivity (Wildman–Crippen MR) is 88.7 cm³/mol. The fraction of sp³-hybridized carbons (Fsp3) is 0.353. The molecule has 0 saturated carbocycles. The first-order valence-electron chi connectivity index (χ1n) is 7.94. The van der Waals surface area contributed by atoms with Gasteiger partial charge in [0, 0.05) is 11.8 Å². The SMILES string of the molecule is Cc1cn([C@@H]2O[C@@H](COC(=O)c3ccccc3)[C@@H](O)[C@H]2O)c(=O)[nH]c1=O. The summed E-state index contributed by atoms with van der Waals surface area (Å²) in [5.41, 5.74) is -0.746. The number of aromatic nitrogens is 2. The van der Waals surface area contributed by atoms with Crippen molar-refractivity contribution >= 4 is 5.97 Å². The van der Waals surface area contributed by atoms with E-state index in [1.54, 1.807) is 30.3 Å². The minimum absolute atomic E-state index is 0.244. The zero-order valence-corrected chi connectivity index (χ0v) is 13.9. The van der Waals surface area contributed by atoms with E-state index in [-0.39, 0.29) is 12.2 Å². The van der Waals surface area contributed by atoms with Crippen LogP contribution in [-0.4, -0.2) is 50.7 Å². The van der Waals surface area contributed by atoms with Gasteiger partial charge >= 0.3 is 11.7 Å². The molecule has 9 nitrogen and oxygen atoms in total. The van der Waals surface area contributed by atoms with Gasteiger partial charge in [-0.2, -0.15) is 0 Å². The van der Waals surface area contributed by atoms with Crippen molar-refractivity contribution in [3.8, 4) is 0 Å². The number of hydrogen-bond donors (Lipinski definition) is 3. The number of carbonyl (C=O) groups is 1. The Balaban J connectivity index is 1.72. The van der Waals surface area contributed by atoms with E-state index < -0.39 is 41.8 Å². The summed E-state index contributed by atoms with van der Waals surface area (Å²) in [7, 11) is 0. The summed E-state index contributed by atoms with van der Waals surface area (Å²) in [5.74, 6) is -0.601. The van der Waals surface area contributed by atoms with Gasteiger partial charge in [0.15, 0.2) is 6.23 Å². The second-order valence-electron chi connectivity index (χ2n) is 5.99. The number of aliphatic hydroxyl groups is 2. The third-order valence-corrected chi connectivity index (χ3v) is 4.15. The quantitative estimate of drug-likeness (QED) is 0.614. The minimum Gasteiger partial charge on any atom is -0.459 e. The Hall–Kier alpha value is -2.75. The maximum Gasteiger partial charge on any atom is 0.338 e. The molecule has 3 rings (SSSR count). The van der Waals surface area contributed by atoms with Crippen LogP contribution in [0.25, 0.3) is 0 Å². The third-order valence-electron chi connectivity index (χ3n) is 4.15. The Morgan fingerprint density at radius 1 is 1.23 bits per heavy atom. The van der Waals surface area contributed by atoms with E-state index in [4.69, 9.17) is 9.47 Å². The van der Waals surface area contributed by atoms with Crippen molar-refractivity contribution in [3.05, 3.63) is 68.5 Å². The molecule has 0 radical (unpaired) electrons. The fourth-order valence-electron chi connectivity index (χ4n) is 2.69. The topological polar surface area (TPSA) is 131 Å². The Labute approximate surface area is 147 Å². The number of nitrogens with one attached hydrogen (secondary N) is 1. The van der Waals surface area contributed by atoms with Crippen LogP contribution in [0.4, 0.5) is 0 Å². The van der Waals surface area contributed by atoms with Crippen LogP contribution in [0.1, 0.15) is 22.1 Å². The van der Waals surface area contributed by atoms with Crippen molar-refractivity contribution in [1.29, 1.82) is 0 Å². The molecule has 0 aliphatic carbocycles. The molecule has 4 atom stereocenters. The molecule has 9 heteroatoms. The van der Waals surface area contributed by atoms with E-state index in [9.17, 15) is 24.6 Å². The highest BCUT2D eigenvalue weighted by Crippen LogP contribution is 2.28. The number of H-pyrrole nitrogens is 1. The first kappa shape index (κ1) is 18.1.